The van der Waals surface area contributed by atoms with Crippen LogP contribution in [0.1, 0.15) is 18.1 Å². The Labute approximate surface area is 181 Å². The molecule has 0 spiro atoms. The van der Waals surface area contributed by atoms with Gasteiger partial charge in [-0.15, -0.1) is 10.2 Å². The molecule has 0 bridgehead atoms. The van der Waals surface area contributed by atoms with Crippen molar-refractivity contribution >= 4 is 11.4 Å². The minimum Gasteiger partial charge on any atom is -0.497 e. The van der Waals surface area contributed by atoms with Crippen molar-refractivity contribution in [3.8, 4) is 17.1 Å². The quantitative estimate of drug-likeness (QED) is 0.313. The third kappa shape index (κ3) is 6.27. The molecule has 3 aromatic rings. The van der Waals surface area contributed by atoms with Crippen LogP contribution in [0, 0.1) is 0 Å². The Morgan fingerprint density at radius 1 is 1.19 bits per heavy atom. The Morgan fingerprint density at radius 3 is 2.68 bits per heavy atom. The van der Waals surface area contributed by atoms with Gasteiger partial charge in [0.2, 0.25) is 5.82 Å². The molecule has 8 heteroatoms. The van der Waals surface area contributed by atoms with Gasteiger partial charge in [0.15, 0.2) is 5.88 Å². The van der Waals surface area contributed by atoms with Crippen molar-refractivity contribution in [2.24, 2.45) is 4.99 Å². The molecule has 0 aliphatic rings. The number of nitrogens with one attached hydrogen (secondary N) is 2. The molecule has 0 unspecified atom stereocenters. The van der Waals surface area contributed by atoms with Gasteiger partial charge >= 0.3 is 0 Å². The van der Waals surface area contributed by atoms with Crippen LogP contribution in [0.3, 0.4) is 0 Å². The predicted octanol–water partition coefficient (Wildman–Crippen LogP) is 3.63. The van der Waals surface area contributed by atoms with E-state index in [1.165, 1.54) is 5.56 Å². The van der Waals surface area contributed by atoms with Gasteiger partial charge in [0, 0.05) is 12.1 Å². The van der Waals surface area contributed by atoms with Crippen LogP contribution >= 0.6 is 0 Å². The first-order valence-corrected chi connectivity index (χ1v) is 9.79. The lowest BCUT2D eigenvalue weighted by molar-refractivity contribution is 0.278. The van der Waals surface area contributed by atoms with Crippen molar-refractivity contribution in [2.75, 3.05) is 20.8 Å². The highest BCUT2D eigenvalue weighted by molar-refractivity contribution is 5.99. The molecule has 31 heavy (non-hydrogen) atoms. The van der Waals surface area contributed by atoms with Crippen LogP contribution < -0.4 is 10.1 Å². The van der Waals surface area contributed by atoms with E-state index in [1.54, 1.807) is 14.2 Å². The summed E-state index contributed by atoms with van der Waals surface area (Å²) in [4.78, 5) is 4.70. The zero-order valence-electron chi connectivity index (χ0n) is 17.9. The van der Waals surface area contributed by atoms with Gasteiger partial charge in [0.1, 0.15) is 11.6 Å². The number of ether oxygens (including phenoxy) is 2. The maximum absolute atomic E-state index is 5.20. The summed E-state index contributed by atoms with van der Waals surface area (Å²) in [5.41, 5.74) is 4.11. The van der Waals surface area contributed by atoms with Gasteiger partial charge in [-0.1, -0.05) is 30.3 Å². The van der Waals surface area contributed by atoms with Crippen LogP contribution in [0.15, 0.2) is 72.1 Å². The molecule has 0 aliphatic carbocycles. The molecular weight excluding hydrogens is 392 g/mol. The van der Waals surface area contributed by atoms with Gasteiger partial charge in [-0.2, -0.15) is 5.21 Å². The number of aliphatic imine (C=N–C) groups is 1. The first kappa shape index (κ1) is 21.8. The van der Waals surface area contributed by atoms with Gasteiger partial charge < -0.3 is 14.8 Å². The van der Waals surface area contributed by atoms with Crippen molar-refractivity contribution in [3.63, 3.8) is 0 Å². The average molecular weight is 419 g/mol. The summed E-state index contributed by atoms with van der Waals surface area (Å²) in [5, 5.41) is 17.3. The molecule has 160 valence electrons. The second-order valence-electron chi connectivity index (χ2n) is 6.76. The topological polar surface area (TPSA) is 97.3 Å². The lowest BCUT2D eigenvalue weighted by Crippen LogP contribution is -2.22. The van der Waals surface area contributed by atoms with Gasteiger partial charge in [0.25, 0.3) is 0 Å². The number of rotatable bonds is 9. The molecule has 8 nitrogen and oxygen atoms in total. The first-order valence-electron chi connectivity index (χ1n) is 9.79. The zero-order chi connectivity index (χ0) is 22.1. The number of tetrazole rings is 1. The molecule has 0 fully saturated rings. The zero-order valence-corrected chi connectivity index (χ0v) is 17.9. The molecule has 0 amide bonds. The highest BCUT2D eigenvalue weighted by Crippen LogP contribution is 2.20. The number of H-pyrrole nitrogens is 1. The van der Waals surface area contributed by atoms with Crippen molar-refractivity contribution in [1.82, 2.24) is 25.9 Å². The molecule has 0 atom stereocenters. The molecule has 2 aromatic carbocycles. The third-order valence-electron chi connectivity index (χ3n) is 4.63. The number of hydrogen-bond donors (Lipinski definition) is 2. The van der Waals surface area contributed by atoms with Crippen LogP contribution in [0.2, 0.25) is 0 Å². The van der Waals surface area contributed by atoms with E-state index in [9.17, 15) is 0 Å². The van der Waals surface area contributed by atoms with Crippen LogP contribution in [-0.4, -0.2) is 47.2 Å². The van der Waals surface area contributed by atoms with Gasteiger partial charge in [-0.3, -0.25) is 4.99 Å². The van der Waals surface area contributed by atoms with E-state index in [2.05, 4.69) is 32.5 Å². The van der Waals surface area contributed by atoms with E-state index in [0.717, 1.165) is 28.9 Å². The second-order valence-corrected chi connectivity index (χ2v) is 6.76. The number of benzene rings is 2. The molecule has 0 radical (unpaired) electrons. The van der Waals surface area contributed by atoms with Crippen molar-refractivity contribution < 1.29 is 9.47 Å². The van der Waals surface area contributed by atoms with Gasteiger partial charge in [-0.05, 0) is 66.1 Å². The number of amidine groups is 1. The summed E-state index contributed by atoms with van der Waals surface area (Å²) in [6.07, 6.45) is 2.77. The fourth-order valence-electron chi connectivity index (χ4n) is 2.89. The van der Waals surface area contributed by atoms with E-state index < -0.39 is 0 Å². The SMILES string of the molecule is C=C(NC(/C=C(\C)c1cccc(-c2nn[nH]n2)c1)=NCCc1ccc(OC)cc1)OC. The maximum Gasteiger partial charge on any atom is 0.204 e. The molecule has 3 rings (SSSR count). The summed E-state index contributed by atoms with van der Waals surface area (Å²) in [6, 6.07) is 15.9. The van der Waals surface area contributed by atoms with Crippen molar-refractivity contribution in [1.29, 1.82) is 0 Å². The van der Waals surface area contributed by atoms with E-state index in [4.69, 9.17) is 14.5 Å². The van der Waals surface area contributed by atoms with Gasteiger partial charge in [0.05, 0.1) is 14.2 Å². The fourth-order valence-corrected chi connectivity index (χ4v) is 2.89. The van der Waals surface area contributed by atoms with Crippen LogP contribution in [0.4, 0.5) is 0 Å². The monoisotopic (exact) mass is 418 g/mol. The molecule has 2 N–H and O–H groups in total. The Morgan fingerprint density at radius 2 is 2.00 bits per heavy atom. The summed E-state index contributed by atoms with van der Waals surface area (Å²) in [5.74, 6) is 2.48. The van der Waals surface area contributed by atoms with Crippen LogP contribution in [0.25, 0.3) is 17.0 Å². The number of aromatic nitrogens is 4. The Balaban J connectivity index is 1.77. The molecular formula is C23H26N6O2. The number of allylic oxidation sites excluding steroid dienone is 1. The molecule has 0 aliphatic heterocycles. The Hall–Kier alpha value is -3.94. The molecule has 1 heterocycles. The van der Waals surface area contributed by atoms with E-state index in [1.807, 2.05) is 61.5 Å². The van der Waals surface area contributed by atoms with Crippen LogP contribution in [-0.2, 0) is 11.2 Å². The lowest BCUT2D eigenvalue weighted by atomic mass is 10.0. The second kappa shape index (κ2) is 10.7. The van der Waals surface area contributed by atoms with E-state index >= 15 is 0 Å². The minimum atomic E-state index is 0.424. The largest absolute Gasteiger partial charge is 0.497 e. The highest BCUT2D eigenvalue weighted by atomic mass is 16.5. The first-order chi connectivity index (χ1) is 15.1. The lowest BCUT2D eigenvalue weighted by Gasteiger charge is -2.10. The van der Waals surface area contributed by atoms with Crippen molar-refractivity contribution in [3.05, 3.63) is 78.2 Å². The van der Waals surface area contributed by atoms with E-state index in [-0.39, 0.29) is 0 Å². The Bertz CT molecular complexity index is 1060. The smallest absolute Gasteiger partial charge is 0.204 e. The van der Waals surface area contributed by atoms with E-state index in [0.29, 0.717) is 24.1 Å². The van der Waals surface area contributed by atoms with Gasteiger partial charge in [-0.25, -0.2) is 0 Å². The summed E-state index contributed by atoms with van der Waals surface area (Å²) in [7, 11) is 3.22. The minimum absolute atomic E-state index is 0.424. The highest BCUT2D eigenvalue weighted by Gasteiger charge is 2.06. The fraction of sp³-hybridized carbons (Fsp3) is 0.217. The van der Waals surface area contributed by atoms with Crippen LogP contribution in [0.5, 0.6) is 5.75 Å². The number of methoxy groups -OCH3 is 2. The Kier molecular flexibility index (Phi) is 7.53. The summed E-state index contributed by atoms with van der Waals surface area (Å²) < 4.78 is 10.4. The predicted molar refractivity (Wildman–Crippen MR) is 122 cm³/mol. The molecule has 1 aromatic heterocycles. The standard InChI is InChI=1S/C23H26N6O2/c1-16(19-6-5-7-20(15-19)23-26-28-29-27-23)14-22(25-17(2)30-3)24-13-12-18-8-10-21(31-4)11-9-18/h5-11,14-15H,2,12-13H2,1,3-4H3,(H,24,25)(H,26,27,28,29)/b16-14+. The molecule has 0 saturated heterocycles. The normalized spacial score (nSPS) is 11.8. The van der Waals surface area contributed by atoms with Crippen molar-refractivity contribution in [2.45, 2.75) is 13.3 Å². The number of nitrogens with zero attached hydrogens (tertiary/aromatic N) is 4. The summed E-state index contributed by atoms with van der Waals surface area (Å²) in [6.45, 7) is 6.47. The maximum atomic E-state index is 5.20. The third-order valence-corrected chi connectivity index (χ3v) is 4.63. The molecule has 0 saturated carbocycles. The average Bonchev–Trinajstić information content (AvgIpc) is 3.34. The summed E-state index contributed by atoms with van der Waals surface area (Å²) >= 11 is 0. The number of hydrogen-bond acceptors (Lipinski definition) is 6. The number of aromatic amines is 1.